The van der Waals surface area contributed by atoms with Gasteiger partial charge in [-0.05, 0) is 68.2 Å². The first-order valence-electron chi connectivity index (χ1n) is 13.4. The van der Waals surface area contributed by atoms with Gasteiger partial charge in [-0.3, -0.25) is 9.69 Å². The maximum Gasteiger partial charge on any atom is 0.260 e. The van der Waals surface area contributed by atoms with Crippen molar-refractivity contribution < 1.29 is 22.7 Å². The Bertz CT molecular complexity index is 1350. The van der Waals surface area contributed by atoms with Crippen molar-refractivity contribution in [1.29, 1.82) is 0 Å². The van der Waals surface area contributed by atoms with Crippen molar-refractivity contribution in [1.82, 2.24) is 14.2 Å². The molecule has 3 aromatic rings. The first kappa shape index (κ1) is 29.3. The van der Waals surface area contributed by atoms with Crippen LogP contribution in [0.4, 0.5) is 5.13 Å². The van der Waals surface area contributed by atoms with Gasteiger partial charge < -0.3 is 14.4 Å². The predicted molar refractivity (Wildman–Crippen MR) is 156 cm³/mol. The molecule has 1 saturated heterocycles. The van der Waals surface area contributed by atoms with Crippen molar-refractivity contribution in [2.45, 2.75) is 38.5 Å². The molecule has 1 amide bonds. The molecule has 1 aromatic heterocycles. The van der Waals surface area contributed by atoms with Gasteiger partial charge in [0, 0.05) is 31.7 Å². The van der Waals surface area contributed by atoms with Gasteiger partial charge >= 0.3 is 0 Å². The normalized spacial score (nSPS) is 16.5. The molecule has 0 aliphatic carbocycles. The molecule has 1 aliphatic heterocycles. The number of benzene rings is 2. The number of aromatic nitrogens is 1. The molecule has 0 saturated carbocycles. The molecule has 0 N–H and O–H groups in total. The standard InChI is InChI=1S/C28H38N4O5S2/c1-6-30(7-2)17-18-32(28-29-25-23(36-4)14-15-24(37-5)26(25)38-28)27(33)21-10-12-22(13-11-21)39(34,35)31-16-8-9-20(3)19-31/h10-15,20H,6-9,16-19H2,1-5H3. The molecule has 0 spiro atoms. The molecule has 1 aliphatic rings. The third kappa shape index (κ3) is 6.21. The van der Waals surface area contributed by atoms with Gasteiger partial charge in [-0.2, -0.15) is 4.31 Å². The summed E-state index contributed by atoms with van der Waals surface area (Å²) >= 11 is 1.37. The lowest BCUT2D eigenvalue weighted by Gasteiger charge is -2.30. The van der Waals surface area contributed by atoms with Gasteiger partial charge in [-0.25, -0.2) is 13.4 Å². The summed E-state index contributed by atoms with van der Waals surface area (Å²) in [4.78, 5) is 22.8. The van der Waals surface area contributed by atoms with E-state index in [1.165, 1.54) is 23.5 Å². The number of carbonyl (C=O) groups excluding carboxylic acids is 1. The summed E-state index contributed by atoms with van der Waals surface area (Å²) in [6.45, 7) is 10.1. The summed E-state index contributed by atoms with van der Waals surface area (Å²) in [5.41, 5.74) is 1.04. The number of carbonyl (C=O) groups is 1. The minimum Gasteiger partial charge on any atom is -0.495 e. The predicted octanol–water partition coefficient (Wildman–Crippen LogP) is 4.72. The van der Waals surface area contributed by atoms with Gasteiger partial charge in [-0.15, -0.1) is 0 Å². The van der Waals surface area contributed by atoms with Gasteiger partial charge in [0.15, 0.2) is 5.13 Å². The number of fused-ring (bicyclic) bond motifs is 1. The summed E-state index contributed by atoms with van der Waals surface area (Å²) in [6, 6.07) is 9.90. The smallest absolute Gasteiger partial charge is 0.260 e. The molecule has 212 valence electrons. The highest BCUT2D eigenvalue weighted by Crippen LogP contribution is 2.40. The topological polar surface area (TPSA) is 92.3 Å². The van der Waals surface area contributed by atoms with Gasteiger partial charge in [0.05, 0.1) is 19.1 Å². The number of piperidine rings is 1. The molecule has 9 nitrogen and oxygen atoms in total. The van der Waals surface area contributed by atoms with E-state index < -0.39 is 10.0 Å². The highest BCUT2D eigenvalue weighted by atomic mass is 32.2. The van der Waals surface area contributed by atoms with E-state index in [-0.39, 0.29) is 10.8 Å². The van der Waals surface area contributed by atoms with E-state index in [2.05, 4.69) is 25.7 Å². The van der Waals surface area contributed by atoms with Crippen LogP contribution in [0.25, 0.3) is 10.2 Å². The first-order chi connectivity index (χ1) is 18.7. The van der Waals surface area contributed by atoms with Gasteiger partial charge in [0.25, 0.3) is 5.91 Å². The van der Waals surface area contributed by atoms with Gasteiger partial charge in [0.2, 0.25) is 10.0 Å². The maximum absolute atomic E-state index is 13.9. The zero-order valence-electron chi connectivity index (χ0n) is 23.3. The van der Waals surface area contributed by atoms with Crippen molar-refractivity contribution in [2.24, 2.45) is 5.92 Å². The monoisotopic (exact) mass is 574 g/mol. The summed E-state index contributed by atoms with van der Waals surface area (Å²) in [5.74, 6) is 1.35. The van der Waals surface area contributed by atoms with Crippen molar-refractivity contribution in [3.63, 3.8) is 0 Å². The van der Waals surface area contributed by atoms with Crippen molar-refractivity contribution in [3.8, 4) is 11.5 Å². The average Bonchev–Trinajstić information content (AvgIpc) is 3.40. The largest absolute Gasteiger partial charge is 0.495 e. The molecule has 2 heterocycles. The van der Waals surface area contributed by atoms with E-state index in [4.69, 9.17) is 14.5 Å². The molecule has 1 atom stereocenters. The minimum absolute atomic E-state index is 0.206. The second-order valence-electron chi connectivity index (χ2n) is 9.76. The minimum atomic E-state index is -3.61. The number of hydrogen-bond acceptors (Lipinski definition) is 8. The number of anilines is 1. The van der Waals surface area contributed by atoms with E-state index in [9.17, 15) is 13.2 Å². The summed E-state index contributed by atoms with van der Waals surface area (Å²) < 4.78 is 39.9. The molecule has 2 aromatic carbocycles. The van der Waals surface area contributed by atoms with E-state index in [0.29, 0.717) is 59.8 Å². The molecular formula is C28H38N4O5S2. The Hall–Kier alpha value is -2.73. The van der Waals surface area contributed by atoms with Crippen molar-refractivity contribution in [3.05, 3.63) is 42.0 Å². The van der Waals surface area contributed by atoms with E-state index in [0.717, 1.165) is 30.6 Å². The lowest BCUT2D eigenvalue weighted by Crippen LogP contribution is -2.39. The zero-order chi connectivity index (χ0) is 28.2. The number of rotatable bonds is 11. The van der Waals surface area contributed by atoms with Crippen LogP contribution in [0.3, 0.4) is 0 Å². The third-order valence-corrected chi connectivity index (χ3v) is 10.2. The Kier molecular flexibility index (Phi) is 9.47. The fraction of sp³-hybridized carbons (Fsp3) is 0.500. The molecule has 4 rings (SSSR count). The molecular weight excluding hydrogens is 536 g/mol. The number of likely N-dealkylation sites (N-methyl/N-ethyl adjacent to an activating group) is 1. The molecule has 39 heavy (non-hydrogen) atoms. The fourth-order valence-corrected chi connectivity index (χ4v) is 7.59. The number of thiazole rings is 1. The van der Waals surface area contributed by atoms with E-state index in [1.807, 2.05) is 6.07 Å². The number of methoxy groups -OCH3 is 2. The molecule has 1 fully saturated rings. The first-order valence-corrected chi connectivity index (χ1v) is 15.6. The highest BCUT2D eigenvalue weighted by molar-refractivity contribution is 7.89. The second kappa shape index (κ2) is 12.6. The van der Waals surface area contributed by atoms with Crippen LogP contribution in [0, 0.1) is 5.92 Å². The Balaban J connectivity index is 1.67. The number of amides is 1. The molecule has 11 heteroatoms. The maximum atomic E-state index is 13.9. The number of nitrogens with zero attached hydrogens (tertiary/aromatic N) is 4. The Morgan fingerprint density at radius 2 is 1.72 bits per heavy atom. The van der Waals surface area contributed by atoms with Crippen LogP contribution in [0.5, 0.6) is 11.5 Å². The molecule has 0 bridgehead atoms. The summed E-state index contributed by atoms with van der Waals surface area (Å²) in [5, 5.41) is 0.531. The Morgan fingerprint density at radius 1 is 1.05 bits per heavy atom. The second-order valence-corrected chi connectivity index (χ2v) is 12.7. The number of ether oxygens (including phenoxy) is 2. The highest BCUT2D eigenvalue weighted by Gasteiger charge is 2.29. The number of hydrogen-bond donors (Lipinski definition) is 0. The summed E-state index contributed by atoms with van der Waals surface area (Å²) in [6.07, 6.45) is 1.89. The lowest BCUT2D eigenvalue weighted by molar-refractivity contribution is 0.0983. The van der Waals surface area contributed by atoms with Crippen molar-refractivity contribution >= 4 is 42.6 Å². The van der Waals surface area contributed by atoms with Crippen molar-refractivity contribution in [2.75, 3.05) is 58.4 Å². The quantitative estimate of drug-likeness (QED) is 0.327. The van der Waals surface area contributed by atoms with Crippen LogP contribution in [0.1, 0.15) is 44.0 Å². The van der Waals surface area contributed by atoms with Gasteiger partial charge in [0.1, 0.15) is 21.7 Å². The van der Waals surface area contributed by atoms with Crippen LogP contribution >= 0.6 is 11.3 Å². The fourth-order valence-electron chi connectivity index (χ4n) is 4.89. The number of sulfonamides is 1. The zero-order valence-corrected chi connectivity index (χ0v) is 25.0. The third-order valence-electron chi connectivity index (χ3n) is 7.27. The van der Waals surface area contributed by atoms with Crippen LogP contribution < -0.4 is 14.4 Å². The molecule has 1 unspecified atom stereocenters. The molecule has 0 radical (unpaired) electrons. The Labute approximate surface area is 235 Å². The Morgan fingerprint density at radius 3 is 2.33 bits per heavy atom. The summed E-state index contributed by atoms with van der Waals surface area (Å²) in [7, 11) is -0.419. The average molecular weight is 575 g/mol. The SMILES string of the molecule is CCN(CC)CCN(C(=O)c1ccc(S(=O)(=O)N2CCCC(C)C2)cc1)c1nc2c(OC)ccc(OC)c2s1. The van der Waals surface area contributed by atoms with Crippen LogP contribution in [0.15, 0.2) is 41.3 Å². The lowest BCUT2D eigenvalue weighted by atomic mass is 10.0. The van der Waals surface area contributed by atoms with Crippen LogP contribution in [0.2, 0.25) is 0 Å². The van der Waals surface area contributed by atoms with E-state index in [1.54, 1.807) is 41.6 Å². The van der Waals surface area contributed by atoms with Crippen LogP contribution in [-0.2, 0) is 10.0 Å². The van der Waals surface area contributed by atoms with Gasteiger partial charge in [-0.1, -0.05) is 32.1 Å². The van der Waals surface area contributed by atoms with Crippen LogP contribution in [-0.4, -0.2) is 82.0 Å². The van der Waals surface area contributed by atoms with E-state index >= 15 is 0 Å².